The molecule has 2 aliphatic rings. The van der Waals surface area contributed by atoms with Gasteiger partial charge in [-0.05, 0) is 31.5 Å². The number of amides is 3. The molecule has 0 fully saturated rings. The molecule has 0 bridgehead atoms. The number of nitrogens with zero attached hydrogens (tertiary/aromatic N) is 4. The minimum atomic E-state index is -2.63. The van der Waals surface area contributed by atoms with Crippen molar-refractivity contribution in [2.45, 2.75) is 45.3 Å². The van der Waals surface area contributed by atoms with Gasteiger partial charge in [-0.1, -0.05) is 11.6 Å². The normalized spacial score (nSPS) is 18.6. The summed E-state index contributed by atoms with van der Waals surface area (Å²) < 4.78 is 40.8. The van der Waals surface area contributed by atoms with E-state index < -0.39 is 30.7 Å². The van der Waals surface area contributed by atoms with E-state index in [1.165, 1.54) is 17.0 Å². The average molecular weight is 456 g/mol. The third kappa shape index (κ3) is 4.21. The molecule has 11 heteroatoms. The highest BCUT2D eigenvalue weighted by Crippen LogP contribution is 2.29. The summed E-state index contributed by atoms with van der Waals surface area (Å²) in [7, 11) is 0. The molecular weight excluding hydrogens is 435 g/mol. The summed E-state index contributed by atoms with van der Waals surface area (Å²) in [4.78, 5) is 28.6. The lowest BCUT2D eigenvalue weighted by atomic mass is 9.99. The molecule has 1 atom stereocenters. The van der Waals surface area contributed by atoms with Crippen LogP contribution in [0.15, 0.2) is 18.2 Å². The fourth-order valence-corrected chi connectivity index (χ4v) is 4.22. The summed E-state index contributed by atoms with van der Waals surface area (Å²) >= 11 is 5.78. The van der Waals surface area contributed by atoms with Gasteiger partial charge in [0.1, 0.15) is 11.5 Å². The minimum absolute atomic E-state index is 0.112. The Hall–Kier alpha value is -2.75. The molecule has 4 rings (SSSR count). The number of aromatic nitrogens is 2. The Morgan fingerprint density at radius 1 is 1.35 bits per heavy atom. The van der Waals surface area contributed by atoms with Gasteiger partial charge in [-0.3, -0.25) is 9.48 Å². The van der Waals surface area contributed by atoms with Gasteiger partial charge in [0.2, 0.25) is 0 Å². The molecule has 1 unspecified atom stereocenters. The third-order valence-corrected chi connectivity index (χ3v) is 5.85. The Kier molecular flexibility index (Phi) is 5.83. The summed E-state index contributed by atoms with van der Waals surface area (Å²) in [5.41, 5.74) is 1.88. The van der Waals surface area contributed by atoms with Crippen molar-refractivity contribution in [2.24, 2.45) is 0 Å². The molecule has 1 N–H and O–H groups in total. The van der Waals surface area contributed by atoms with Crippen molar-refractivity contribution < 1.29 is 22.8 Å². The number of carbonyl (C=O) groups is 2. The zero-order valence-corrected chi connectivity index (χ0v) is 17.5. The quantitative estimate of drug-likeness (QED) is 0.766. The molecular formula is C20H21ClF3N5O2. The van der Waals surface area contributed by atoms with E-state index in [-0.39, 0.29) is 29.8 Å². The molecule has 0 saturated carbocycles. The number of urea groups is 1. The Morgan fingerprint density at radius 2 is 2.13 bits per heavy atom. The second kappa shape index (κ2) is 8.41. The van der Waals surface area contributed by atoms with E-state index in [9.17, 15) is 22.8 Å². The Labute approximate surface area is 181 Å². The summed E-state index contributed by atoms with van der Waals surface area (Å²) in [6, 6.07) is 3.22. The van der Waals surface area contributed by atoms with E-state index >= 15 is 0 Å². The second-order valence-corrected chi connectivity index (χ2v) is 8.14. The fraction of sp³-hybridized carbons (Fsp3) is 0.450. The standard InChI is InChI=1S/C20H21ClF3N5O2/c1-11-7-16-13(9-28(11)20(31)25-12-3-4-15(22)14(21)8-12)18-19(30)27(10-17(23)24)5-2-6-29(18)26-16/h3-4,8,11,17H,2,5-7,9-10H2,1H3,(H,25,31). The molecule has 166 valence electrons. The molecule has 0 spiro atoms. The second-order valence-electron chi connectivity index (χ2n) is 7.73. The third-order valence-electron chi connectivity index (χ3n) is 5.56. The number of hydrogen-bond donors (Lipinski definition) is 1. The van der Waals surface area contributed by atoms with Crippen LogP contribution in [0.2, 0.25) is 5.02 Å². The minimum Gasteiger partial charge on any atom is -0.332 e. The maximum atomic E-state index is 13.4. The highest BCUT2D eigenvalue weighted by atomic mass is 35.5. The number of benzene rings is 1. The summed E-state index contributed by atoms with van der Waals surface area (Å²) in [6.45, 7) is 2.01. The first-order chi connectivity index (χ1) is 14.7. The number of hydrogen-bond acceptors (Lipinski definition) is 3. The maximum absolute atomic E-state index is 13.4. The lowest BCUT2D eigenvalue weighted by Crippen LogP contribution is -2.45. The van der Waals surface area contributed by atoms with Gasteiger partial charge in [0.05, 0.1) is 23.8 Å². The number of fused-ring (bicyclic) bond motifs is 3. The van der Waals surface area contributed by atoms with Crippen LogP contribution in [-0.4, -0.2) is 57.1 Å². The predicted molar refractivity (Wildman–Crippen MR) is 108 cm³/mol. The number of anilines is 1. The van der Waals surface area contributed by atoms with E-state index in [0.29, 0.717) is 36.3 Å². The Balaban J connectivity index is 1.59. The van der Waals surface area contributed by atoms with Crippen molar-refractivity contribution in [1.29, 1.82) is 0 Å². The van der Waals surface area contributed by atoms with Crippen molar-refractivity contribution in [3.05, 3.63) is 46.0 Å². The number of alkyl halides is 2. The van der Waals surface area contributed by atoms with E-state index in [4.69, 9.17) is 11.6 Å². The lowest BCUT2D eigenvalue weighted by Gasteiger charge is -2.33. The van der Waals surface area contributed by atoms with Crippen LogP contribution in [0.1, 0.15) is 35.1 Å². The zero-order valence-electron chi connectivity index (χ0n) is 16.7. The van der Waals surface area contributed by atoms with Crippen molar-refractivity contribution in [3.63, 3.8) is 0 Å². The predicted octanol–water partition coefficient (Wildman–Crippen LogP) is 3.77. The first kappa shape index (κ1) is 21.5. The SMILES string of the molecule is CC1Cc2nn3c(c2CN1C(=O)Nc1ccc(F)c(Cl)c1)C(=O)N(CC(F)F)CCC3. The van der Waals surface area contributed by atoms with E-state index in [1.807, 2.05) is 6.92 Å². The number of nitrogens with one attached hydrogen (secondary N) is 1. The van der Waals surface area contributed by atoms with Crippen molar-refractivity contribution in [1.82, 2.24) is 19.6 Å². The first-order valence-electron chi connectivity index (χ1n) is 9.93. The zero-order chi connectivity index (χ0) is 22.3. The first-order valence-corrected chi connectivity index (χ1v) is 10.3. The Morgan fingerprint density at radius 3 is 2.84 bits per heavy atom. The van der Waals surface area contributed by atoms with Gasteiger partial charge < -0.3 is 15.1 Å². The molecule has 7 nitrogen and oxygen atoms in total. The van der Waals surface area contributed by atoms with Gasteiger partial charge in [0.15, 0.2) is 0 Å². The van der Waals surface area contributed by atoms with Gasteiger partial charge >= 0.3 is 6.03 Å². The molecule has 0 saturated heterocycles. The largest absolute Gasteiger partial charge is 0.332 e. The molecule has 3 heterocycles. The van der Waals surface area contributed by atoms with Crippen LogP contribution in [0.4, 0.5) is 23.7 Å². The molecule has 1 aromatic heterocycles. The van der Waals surface area contributed by atoms with E-state index in [0.717, 1.165) is 11.0 Å². The average Bonchev–Trinajstić information content (AvgIpc) is 2.97. The summed E-state index contributed by atoms with van der Waals surface area (Å²) in [5, 5.41) is 7.10. The highest BCUT2D eigenvalue weighted by molar-refractivity contribution is 6.31. The monoisotopic (exact) mass is 455 g/mol. The smallest absolute Gasteiger partial charge is 0.322 e. The molecule has 0 radical (unpaired) electrons. The van der Waals surface area contributed by atoms with Gasteiger partial charge in [0, 0.05) is 36.8 Å². The molecule has 2 aliphatic heterocycles. The topological polar surface area (TPSA) is 70.5 Å². The van der Waals surface area contributed by atoms with Crippen LogP contribution in [0.3, 0.4) is 0 Å². The summed E-state index contributed by atoms with van der Waals surface area (Å²) in [5.74, 6) is -1.09. The molecule has 3 amide bonds. The van der Waals surface area contributed by atoms with Gasteiger partial charge in [-0.25, -0.2) is 18.0 Å². The van der Waals surface area contributed by atoms with Crippen LogP contribution < -0.4 is 5.32 Å². The van der Waals surface area contributed by atoms with Crippen LogP contribution in [0, 0.1) is 5.82 Å². The molecule has 2 aromatic rings. The molecule has 1 aromatic carbocycles. The maximum Gasteiger partial charge on any atom is 0.322 e. The number of carbonyl (C=O) groups excluding carboxylic acids is 2. The lowest BCUT2D eigenvalue weighted by molar-refractivity contribution is 0.0557. The number of rotatable bonds is 3. The van der Waals surface area contributed by atoms with Crippen LogP contribution >= 0.6 is 11.6 Å². The van der Waals surface area contributed by atoms with E-state index in [2.05, 4.69) is 10.4 Å². The fourth-order valence-electron chi connectivity index (χ4n) is 4.04. The van der Waals surface area contributed by atoms with Crippen molar-refractivity contribution in [2.75, 3.05) is 18.4 Å². The number of halogens is 4. The Bertz CT molecular complexity index is 1030. The molecule has 31 heavy (non-hydrogen) atoms. The van der Waals surface area contributed by atoms with Crippen LogP contribution in [0.25, 0.3) is 0 Å². The molecule has 0 aliphatic carbocycles. The van der Waals surface area contributed by atoms with Crippen molar-refractivity contribution in [3.8, 4) is 0 Å². The highest BCUT2D eigenvalue weighted by Gasteiger charge is 2.36. The van der Waals surface area contributed by atoms with Gasteiger partial charge in [0.25, 0.3) is 12.3 Å². The van der Waals surface area contributed by atoms with Gasteiger partial charge in [-0.15, -0.1) is 0 Å². The van der Waals surface area contributed by atoms with Crippen molar-refractivity contribution >= 4 is 29.2 Å². The number of aryl methyl sites for hydroxylation is 1. The van der Waals surface area contributed by atoms with E-state index in [1.54, 1.807) is 4.68 Å². The summed E-state index contributed by atoms with van der Waals surface area (Å²) in [6.07, 6.45) is -1.68. The van der Waals surface area contributed by atoms with Crippen LogP contribution in [0.5, 0.6) is 0 Å². The van der Waals surface area contributed by atoms with Gasteiger partial charge in [-0.2, -0.15) is 5.10 Å². The van der Waals surface area contributed by atoms with Crippen LogP contribution in [-0.2, 0) is 19.5 Å².